The molecule has 148 valence electrons. The second-order valence-electron chi connectivity index (χ2n) is 7.12. The summed E-state index contributed by atoms with van der Waals surface area (Å²) in [7, 11) is 4.98. The van der Waals surface area contributed by atoms with Crippen molar-refractivity contribution in [3.63, 3.8) is 0 Å². The highest BCUT2D eigenvalue weighted by Gasteiger charge is 2.32. The summed E-state index contributed by atoms with van der Waals surface area (Å²) in [5, 5.41) is 1.44. The highest BCUT2D eigenvalue weighted by molar-refractivity contribution is 6.10. The number of methoxy groups -OCH3 is 2. The van der Waals surface area contributed by atoms with Crippen molar-refractivity contribution in [2.75, 3.05) is 21.0 Å². The first-order valence-corrected chi connectivity index (χ1v) is 9.52. The Morgan fingerprint density at radius 3 is 2.24 bits per heavy atom. The number of hydrogen-bond donors (Lipinski definition) is 0. The van der Waals surface area contributed by atoms with Crippen LogP contribution < -0.4 is 24.5 Å². The molecule has 1 aliphatic carbocycles. The van der Waals surface area contributed by atoms with E-state index in [1.807, 2.05) is 18.2 Å². The van der Waals surface area contributed by atoms with Crippen LogP contribution in [0.25, 0.3) is 27.6 Å². The minimum absolute atomic E-state index is 0.0823. The summed E-state index contributed by atoms with van der Waals surface area (Å²) >= 11 is 0. The van der Waals surface area contributed by atoms with Gasteiger partial charge in [0, 0.05) is 23.6 Å². The number of nitrogens with zero attached hydrogens (tertiary/aromatic N) is 1. The van der Waals surface area contributed by atoms with Gasteiger partial charge in [-0.2, -0.15) is 0 Å². The molecule has 0 N–H and O–H groups in total. The molecule has 0 spiro atoms. The molecule has 5 rings (SSSR count). The van der Waals surface area contributed by atoms with Gasteiger partial charge in [0.2, 0.25) is 6.79 Å². The van der Waals surface area contributed by atoms with Crippen LogP contribution in [-0.4, -0.2) is 25.6 Å². The van der Waals surface area contributed by atoms with Crippen LogP contribution in [0.1, 0.15) is 24.5 Å². The van der Waals surface area contributed by atoms with Gasteiger partial charge in [-0.15, -0.1) is 0 Å². The summed E-state index contributed by atoms with van der Waals surface area (Å²) in [6.45, 7) is 2.32. The van der Waals surface area contributed by atoms with Gasteiger partial charge < -0.3 is 23.5 Å². The smallest absolute Gasteiger partial charge is 0.258 e. The highest BCUT2D eigenvalue weighted by atomic mass is 16.7. The fourth-order valence-electron chi connectivity index (χ4n) is 4.34. The fraction of sp³-hybridized carbons (Fsp3) is 0.261. The van der Waals surface area contributed by atoms with Gasteiger partial charge in [0.1, 0.15) is 0 Å². The van der Waals surface area contributed by atoms with E-state index in [9.17, 15) is 4.79 Å². The van der Waals surface area contributed by atoms with Crippen molar-refractivity contribution in [3.05, 3.63) is 51.8 Å². The number of hydrogen-bond acceptors (Lipinski definition) is 5. The van der Waals surface area contributed by atoms with Crippen LogP contribution in [0, 0.1) is 0 Å². The molecule has 0 radical (unpaired) electrons. The van der Waals surface area contributed by atoms with Crippen molar-refractivity contribution >= 4 is 16.3 Å². The van der Waals surface area contributed by atoms with Gasteiger partial charge in [-0.3, -0.25) is 4.79 Å². The Kier molecular flexibility index (Phi) is 3.84. The minimum atomic E-state index is -0.0823. The molecule has 2 aromatic carbocycles. The van der Waals surface area contributed by atoms with Gasteiger partial charge in [0.25, 0.3) is 5.56 Å². The first-order chi connectivity index (χ1) is 14.1. The van der Waals surface area contributed by atoms with Crippen LogP contribution in [0.3, 0.4) is 0 Å². The molecule has 0 amide bonds. The zero-order chi connectivity index (χ0) is 20.3. The van der Waals surface area contributed by atoms with Gasteiger partial charge in [-0.1, -0.05) is 13.0 Å². The van der Waals surface area contributed by atoms with Crippen LogP contribution in [0.4, 0.5) is 0 Å². The Bertz CT molecular complexity index is 1270. The van der Waals surface area contributed by atoms with Gasteiger partial charge in [0.05, 0.1) is 25.3 Å². The largest absolute Gasteiger partial charge is 0.493 e. The Morgan fingerprint density at radius 1 is 1.00 bits per heavy atom. The maximum atomic E-state index is 13.3. The maximum absolute atomic E-state index is 13.3. The standard InChI is InChI=1S/C23H21NO5/c1-5-6-12-13-7-19-20(29-11-28-19)9-15(13)22-21(12)14-8-17(26-3)18(27-4)10-16(14)23(25)24(22)2/h6-10H,5,11H2,1-4H3/b12-6+. The molecule has 6 heteroatoms. The van der Waals surface area contributed by atoms with Crippen molar-refractivity contribution in [3.8, 4) is 34.3 Å². The van der Waals surface area contributed by atoms with Crippen LogP contribution in [0.2, 0.25) is 0 Å². The van der Waals surface area contributed by atoms with E-state index in [-0.39, 0.29) is 12.4 Å². The van der Waals surface area contributed by atoms with Crippen molar-refractivity contribution < 1.29 is 18.9 Å². The van der Waals surface area contributed by atoms with Gasteiger partial charge in [-0.05, 0) is 41.8 Å². The number of fused-ring (bicyclic) bond motifs is 6. The first kappa shape index (κ1) is 17.7. The predicted molar refractivity (Wildman–Crippen MR) is 111 cm³/mol. The number of rotatable bonds is 3. The monoisotopic (exact) mass is 391 g/mol. The van der Waals surface area contributed by atoms with E-state index < -0.39 is 0 Å². The molecular weight excluding hydrogens is 370 g/mol. The molecule has 29 heavy (non-hydrogen) atoms. The van der Waals surface area contributed by atoms with E-state index in [2.05, 4.69) is 13.0 Å². The molecule has 2 heterocycles. The zero-order valence-electron chi connectivity index (χ0n) is 16.8. The van der Waals surface area contributed by atoms with Crippen LogP contribution in [0.15, 0.2) is 35.1 Å². The SMILES string of the molecule is CC/C=C1\c2cc3c(cc2-c2c1c1cc(OC)c(OC)cc1c(=O)n2C)OCO3. The second-order valence-corrected chi connectivity index (χ2v) is 7.12. The number of ether oxygens (including phenoxy) is 4. The second kappa shape index (κ2) is 6.30. The van der Waals surface area contributed by atoms with E-state index in [0.29, 0.717) is 22.6 Å². The van der Waals surface area contributed by atoms with Crippen molar-refractivity contribution in [2.24, 2.45) is 7.05 Å². The quantitative estimate of drug-likeness (QED) is 0.526. The predicted octanol–water partition coefficient (Wildman–Crippen LogP) is 4.11. The van der Waals surface area contributed by atoms with Crippen molar-refractivity contribution in [1.82, 2.24) is 4.57 Å². The molecule has 3 aromatic rings. The molecule has 0 saturated carbocycles. The summed E-state index contributed by atoms with van der Waals surface area (Å²) in [5.74, 6) is 2.56. The summed E-state index contributed by atoms with van der Waals surface area (Å²) in [4.78, 5) is 13.3. The topological polar surface area (TPSA) is 58.9 Å². The van der Waals surface area contributed by atoms with Gasteiger partial charge in [0.15, 0.2) is 23.0 Å². The van der Waals surface area contributed by atoms with Crippen LogP contribution in [-0.2, 0) is 7.05 Å². The Hall–Kier alpha value is -3.41. The van der Waals surface area contributed by atoms with Crippen molar-refractivity contribution in [1.29, 1.82) is 0 Å². The fourth-order valence-corrected chi connectivity index (χ4v) is 4.34. The molecule has 0 atom stereocenters. The lowest BCUT2D eigenvalue weighted by atomic mass is 9.98. The van der Waals surface area contributed by atoms with Crippen LogP contribution >= 0.6 is 0 Å². The summed E-state index contributed by atoms with van der Waals surface area (Å²) in [6.07, 6.45) is 3.05. The van der Waals surface area contributed by atoms with Crippen LogP contribution in [0.5, 0.6) is 23.0 Å². The zero-order valence-corrected chi connectivity index (χ0v) is 16.8. The molecule has 0 fully saturated rings. The molecule has 1 aliphatic heterocycles. The lowest BCUT2D eigenvalue weighted by molar-refractivity contribution is 0.174. The van der Waals surface area contributed by atoms with E-state index in [1.165, 1.54) is 0 Å². The normalized spacial score (nSPS) is 15.0. The Morgan fingerprint density at radius 2 is 1.62 bits per heavy atom. The number of benzene rings is 2. The molecule has 2 aliphatic rings. The molecule has 1 aromatic heterocycles. The third kappa shape index (κ3) is 2.32. The van der Waals surface area contributed by atoms with E-state index in [0.717, 1.165) is 45.5 Å². The maximum Gasteiger partial charge on any atom is 0.258 e. The molecule has 0 unspecified atom stereocenters. The summed E-state index contributed by atoms with van der Waals surface area (Å²) in [6, 6.07) is 7.63. The van der Waals surface area contributed by atoms with Gasteiger partial charge >= 0.3 is 0 Å². The average Bonchev–Trinajstić information content (AvgIpc) is 3.32. The third-order valence-corrected chi connectivity index (χ3v) is 5.64. The van der Waals surface area contributed by atoms with E-state index in [4.69, 9.17) is 18.9 Å². The average molecular weight is 391 g/mol. The number of aromatic nitrogens is 1. The van der Waals surface area contributed by atoms with E-state index in [1.54, 1.807) is 31.9 Å². The lowest BCUT2D eigenvalue weighted by Gasteiger charge is -2.15. The first-order valence-electron chi connectivity index (χ1n) is 9.52. The third-order valence-electron chi connectivity index (χ3n) is 5.64. The number of allylic oxidation sites excluding steroid dienone is 1. The van der Waals surface area contributed by atoms with Crippen molar-refractivity contribution in [2.45, 2.75) is 13.3 Å². The molecule has 0 saturated heterocycles. The Labute approximate surface area is 167 Å². The lowest BCUT2D eigenvalue weighted by Crippen LogP contribution is -2.19. The van der Waals surface area contributed by atoms with E-state index >= 15 is 0 Å². The Balaban J connectivity index is 1.94. The van der Waals surface area contributed by atoms with Gasteiger partial charge in [-0.25, -0.2) is 0 Å². The summed E-state index contributed by atoms with van der Waals surface area (Å²) < 4.78 is 23.9. The minimum Gasteiger partial charge on any atom is -0.493 e. The molecule has 0 bridgehead atoms. The summed E-state index contributed by atoms with van der Waals surface area (Å²) in [5.41, 5.74) is 4.92. The molecule has 6 nitrogen and oxygen atoms in total. The highest BCUT2D eigenvalue weighted by Crippen LogP contribution is 2.51. The number of pyridine rings is 1. The molecular formula is C23H21NO5.